The lowest BCUT2D eigenvalue weighted by Gasteiger charge is -2.33. The highest BCUT2D eigenvalue weighted by Crippen LogP contribution is 2.26. The number of thiazole rings is 1. The Morgan fingerprint density at radius 2 is 1.76 bits per heavy atom. The maximum Gasteiger partial charge on any atom is 0.271 e. The molecule has 7 heteroatoms. The summed E-state index contributed by atoms with van der Waals surface area (Å²) >= 11 is 1.42. The first-order valence-corrected chi connectivity index (χ1v) is 13.2. The molecule has 1 aliphatic carbocycles. The lowest BCUT2D eigenvalue weighted by molar-refractivity contribution is -0.123. The zero-order valence-corrected chi connectivity index (χ0v) is 22.0. The smallest absolute Gasteiger partial charge is 0.271 e. The summed E-state index contributed by atoms with van der Waals surface area (Å²) in [6.07, 6.45) is 5.38. The second-order valence-corrected chi connectivity index (χ2v) is 11.8. The summed E-state index contributed by atoms with van der Waals surface area (Å²) in [4.78, 5) is 30.0. The molecule has 1 saturated carbocycles. The minimum atomic E-state index is -0.190. The molecule has 3 rings (SSSR count). The first-order valence-electron chi connectivity index (χ1n) is 12.3. The third-order valence-corrected chi connectivity index (χ3v) is 6.91. The minimum absolute atomic E-state index is 0.0324. The summed E-state index contributed by atoms with van der Waals surface area (Å²) < 4.78 is 5.78. The highest BCUT2D eigenvalue weighted by atomic mass is 32.1. The zero-order chi connectivity index (χ0) is 24.7. The van der Waals surface area contributed by atoms with Crippen molar-refractivity contribution in [2.24, 2.45) is 11.3 Å². The van der Waals surface area contributed by atoms with Gasteiger partial charge in [0.15, 0.2) is 0 Å². The average molecular weight is 486 g/mol. The number of nitrogens with zero attached hydrogens (tertiary/aromatic N) is 1. The van der Waals surface area contributed by atoms with E-state index >= 15 is 0 Å². The van der Waals surface area contributed by atoms with Gasteiger partial charge < -0.3 is 15.4 Å². The van der Waals surface area contributed by atoms with E-state index in [2.05, 4.69) is 43.3 Å². The van der Waals surface area contributed by atoms with E-state index in [9.17, 15) is 9.59 Å². The van der Waals surface area contributed by atoms with Gasteiger partial charge in [0.25, 0.3) is 5.91 Å². The van der Waals surface area contributed by atoms with Crippen LogP contribution in [0.3, 0.4) is 0 Å². The Balaban J connectivity index is 1.51. The summed E-state index contributed by atoms with van der Waals surface area (Å²) in [5.41, 5.74) is 1.79. The van der Waals surface area contributed by atoms with Gasteiger partial charge >= 0.3 is 0 Å². The summed E-state index contributed by atoms with van der Waals surface area (Å²) in [6.45, 7) is 11.1. The van der Waals surface area contributed by atoms with E-state index in [1.165, 1.54) is 16.9 Å². The number of hydrogen-bond acceptors (Lipinski definition) is 5. The van der Waals surface area contributed by atoms with Crippen molar-refractivity contribution in [3.63, 3.8) is 0 Å². The largest absolute Gasteiger partial charge is 0.486 e. The molecule has 2 aromatic rings. The molecule has 2 N–H and O–H groups in total. The summed E-state index contributed by atoms with van der Waals surface area (Å²) in [5, 5.41) is 8.85. The van der Waals surface area contributed by atoms with E-state index in [-0.39, 0.29) is 29.3 Å². The van der Waals surface area contributed by atoms with Crippen molar-refractivity contribution >= 4 is 23.2 Å². The lowest BCUT2D eigenvalue weighted by atomic mass is 9.84. The number of amides is 2. The van der Waals surface area contributed by atoms with Gasteiger partial charge in [0.2, 0.25) is 5.91 Å². The number of rotatable bonds is 9. The van der Waals surface area contributed by atoms with E-state index in [1.54, 1.807) is 5.38 Å². The second kappa shape index (κ2) is 11.8. The molecule has 1 aromatic heterocycles. The third kappa shape index (κ3) is 8.42. The van der Waals surface area contributed by atoms with Gasteiger partial charge in [-0.05, 0) is 49.7 Å². The van der Waals surface area contributed by atoms with Gasteiger partial charge in [-0.2, -0.15) is 0 Å². The first kappa shape index (κ1) is 26.2. The number of nitrogens with one attached hydrogen (secondary N) is 2. The van der Waals surface area contributed by atoms with Gasteiger partial charge in [0.05, 0.1) is 0 Å². The van der Waals surface area contributed by atoms with E-state index in [4.69, 9.17) is 4.74 Å². The van der Waals surface area contributed by atoms with E-state index in [0.717, 1.165) is 42.9 Å². The van der Waals surface area contributed by atoms with Crippen molar-refractivity contribution in [3.05, 3.63) is 45.9 Å². The zero-order valence-electron chi connectivity index (χ0n) is 21.1. The molecule has 0 bridgehead atoms. The van der Waals surface area contributed by atoms with Crippen LogP contribution in [-0.4, -0.2) is 28.9 Å². The molecular formula is C27H39N3O3S. The van der Waals surface area contributed by atoms with Crippen LogP contribution >= 0.6 is 11.3 Å². The van der Waals surface area contributed by atoms with Crippen LogP contribution < -0.4 is 15.4 Å². The maximum absolute atomic E-state index is 12.9. The van der Waals surface area contributed by atoms with Gasteiger partial charge in [-0.1, -0.05) is 58.2 Å². The Bertz CT molecular complexity index is 949. The number of ether oxygens (including phenoxy) is 1. The fraction of sp³-hybridized carbons (Fsp3) is 0.593. The lowest BCUT2D eigenvalue weighted by Crippen LogP contribution is -2.53. The summed E-state index contributed by atoms with van der Waals surface area (Å²) in [5.74, 6) is 0.994. The Morgan fingerprint density at radius 1 is 1.12 bits per heavy atom. The Labute approximate surface area is 207 Å². The number of benzene rings is 1. The van der Waals surface area contributed by atoms with Crippen molar-refractivity contribution in [3.8, 4) is 5.75 Å². The van der Waals surface area contributed by atoms with Gasteiger partial charge in [0.1, 0.15) is 23.1 Å². The van der Waals surface area contributed by atoms with Gasteiger partial charge in [-0.3, -0.25) is 9.59 Å². The van der Waals surface area contributed by atoms with E-state index in [0.29, 0.717) is 24.6 Å². The number of aryl methyl sites for hydroxylation is 1. The highest BCUT2D eigenvalue weighted by Gasteiger charge is 2.29. The van der Waals surface area contributed by atoms with Crippen LogP contribution in [0.1, 0.15) is 87.3 Å². The monoisotopic (exact) mass is 485 g/mol. The number of carbonyl (C=O) groups is 2. The third-order valence-electron chi connectivity index (χ3n) is 6.09. The fourth-order valence-electron chi connectivity index (χ4n) is 4.68. The van der Waals surface area contributed by atoms with Crippen molar-refractivity contribution in [2.45, 2.75) is 91.8 Å². The molecule has 1 heterocycles. The Hall–Kier alpha value is -2.41. The van der Waals surface area contributed by atoms with Crippen LogP contribution in [0.4, 0.5) is 0 Å². The molecule has 186 valence electrons. The summed E-state index contributed by atoms with van der Waals surface area (Å²) in [7, 11) is 0. The van der Waals surface area contributed by atoms with Gasteiger partial charge in [0, 0.05) is 23.9 Å². The number of hydrogen-bond donors (Lipinski definition) is 2. The van der Waals surface area contributed by atoms with Crippen LogP contribution in [0.25, 0.3) is 0 Å². The normalized spacial score (nSPS) is 19.3. The van der Waals surface area contributed by atoms with Crippen molar-refractivity contribution < 1.29 is 14.3 Å². The van der Waals surface area contributed by atoms with Crippen LogP contribution in [0, 0.1) is 18.3 Å². The predicted molar refractivity (Wildman–Crippen MR) is 137 cm³/mol. The van der Waals surface area contributed by atoms with E-state index < -0.39 is 0 Å². The second-order valence-electron chi connectivity index (χ2n) is 10.8. The fourth-order valence-corrected chi connectivity index (χ4v) is 5.36. The SMILES string of the molecule is Cc1ccc(OCc2nc(C(=O)N[C@@H]3CCCC[C@@H]3NC(=O)C[C@@H](C)CC(C)(C)C)cs2)cc1. The predicted octanol–water partition coefficient (Wildman–Crippen LogP) is 5.65. The number of aromatic nitrogens is 1. The quantitative estimate of drug-likeness (QED) is 0.481. The molecule has 3 atom stereocenters. The molecule has 0 saturated heterocycles. The molecule has 1 fully saturated rings. The molecule has 34 heavy (non-hydrogen) atoms. The van der Waals surface area contributed by atoms with Crippen molar-refractivity contribution in [2.75, 3.05) is 0 Å². The molecule has 0 radical (unpaired) electrons. The molecule has 2 amide bonds. The molecule has 1 aliphatic rings. The topological polar surface area (TPSA) is 80.3 Å². The molecule has 1 aromatic carbocycles. The minimum Gasteiger partial charge on any atom is -0.486 e. The molecule has 0 unspecified atom stereocenters. The molecular weight excluding hydrogens is 446 g/mol. The van der Waals surface area contributed by atoms with Crippen LogP contribution in [-0.2, 0) is 11.4 Å². The standard InChI is InChI=1S/C27H39N3O3S/c1-18-10-12-20(13-11-18)33-16-25-29-23(17-34-25)26(32)30-22-9-7-6-8-21(22)28-24(31)14-19(2)15-27(3,4)5/h10-13,17,19,21-22H,6-9,14-16H2,1-5H3,(H,28,31)(H,30,32)/t19-,21+,22-/m1/s1. The van der Waals surface area contributed by atoms with Crippen molar-refractivity contribution in [1.82, 2.24) is 15.6 Å². The Morgan fingerprint density at radius 3 is 2.41 bits per heavy atom. The van der Waals surface area contributed by atoms with Crippen LogP contribution in [0.5, 0.6) is 5.75 Å². The van der Waals surface area contributed by atoms with E-state index in [1.807, 2.05) is 31.2 Å². The van der Waals surface area contributed by atoms with Crippen LogP contribution in [0.15, 0.2) is 29.6 Å². The Kier molecular flexibility index (Phi) is 9.11. The number of carbonyl (C=O) groups excluding carboxylic acids is 2. The van der Waals surface area contributed by atoms with Crippen LogP contribution in [0.2, 0.25) is 0 Å². The molecule has 6 nitrogen and oxygen atoms in total. The van der Waals surface area contributed by atoms with Crippen molar-refractivity contribution in [1.29, 1.82) is 0 Å². The first-order chi connectivity index (χ1) is 16.1. The van der Waals surface area contributed by atoms with Gasteiger partial charge in [-0.15, -0.1) is 11.3 Å². The highest BCUT2D eigenvalue weighted by molar-refractivity contribution is 7.09. The molecule has 0 spiro atoms. The maximum atomic E-state index is 12.9. The average Bonchev–Trinajstić information content (AvgIpc) is 3.22. The van der Waals surface area contributed by atoms with Gasteiger partial charge in [-0.25, -0.2) is 4.98 Å². The summed E-state index contributed by atoms with van der Waals surface area (Å²) in [6, 6.07) is 7.75. The molecule has 0 aliphatic heterocycles.